The molecule has 0 aromatic heterocycles. The monoisotopic (exact) mass is 321 g/mol. The molecule has 0 saturated heterocycles. The van der Waals surface area contributed by atoms with Crippen molar-refractivity contribution < 1.29 is 15.0 Å². The summed E-state index contributed by atoms with van der Waals surface area (Å²) in [4.78, 5) is 11.9. The number of phenolic OH excluding ortho intramolecular Hbond substituents is 2. The Morgan fingerprint density at radius 3 is 2.21 bits per heavy atom. The third-order valence-electron chi connectivity index (χ3n) is 2.61. The van der Waals surface area contributed by atoms with Crippen molar-refractivity contribution in [1.82, 2.24) is 5.32 Å². The van der Waals surface area contributed by atoms with Crippen molar-refractivity contribution in [2.45, 2.75) is 6.54 Å². The molecule has 0 fully saturated rings. The van der Waals surface area contributed by atoms with E-state index in [1.54, 1.807) is 0 Å². The summed E-state index contributed by atoms with van der Waals surface area (Å²) >= 11 is 3.33. The first-order valence-corrected chi connectivity index (χ1v) is 6.41. The van der Waals surface area contributed by atoms with Crippen molar-refractivity contribution in [3.63, 3.8) is 0 Å². The van der Waals surface area contributed by atoms with Gasteiger partial charge < -0.3 is 15.5 Å². The molecule has 2 aromatic carbocycles. The van der Waals surface area contributed by atoms with E-state index in [9.17, 15) is 15.0 Å². The van der Waals surface area contributed by atoms with Crippen LogP contribution in [0.2, 0.25) is 0 Å². The Morgan fingerprint density at radius 2 is 1.63 bits per heavy atom. The third-order valence-corrected chi connectivity index (χ3v) is 3.14. The Labute approximate surface area is 118 Å². The van der Waals surface area contributed by atoms with E-state index in [0.717, 1.165) is 10.0 Å². The van der Waals surface area contributed by atoms with Crippen LogP contribution in [0.3, 0.4) is 0 Å². The highest BCUT2D eigenvalue weighted by molar-refractivity contribution is 9.10. The van der Waals surface area contributed by atoms with Crippen LogP contribution < -0.4 is 5.32 Å². The SMILES string of the molecule is O=C(NCc1ccc(Br)cc1)c1c(O)cccc1O. The molecule has 0 aliphatic carbocycles. The van der Waals surface area contributed by atoms with Crippen molar-refractivity contribution in [2.24, 2.45) is 0 Å². The maximum Gasteiger partial charge on any atom is 0.259 e. The summed E-state index contributed by atoms with van der Waals surface area (Å²) in [6, 6.07) is 11.7. The van der Waals surface area contributed by atoms with Crippen LogP contribution in [0.4, 0.5) is 0 Å². The molecule has 0 unspecified atom stereocenters. The fraction of sp³-hybridized carbons (Fsp3) is 0.0714. The molecule has 2 rings (SSSR count). The Morgan fingerprint density at radius 1 is 1.05 bits per heavy atom. The second-order valence-corrected chi connectivity index (χ2v) is 4.90. The van der Waals surface area contributed by atoms with E-state index in [4.69, 9.17) is 0 Å². The topological polar surface area (TPSA) is 69.6 Å². The zero-order valence-electron chi connectivity index (χ0n) is 9.93. The largest absolute Gasteiger partial charge is 0.507 e. The molecule has 2 aromatic rings. The van der Waals surface area contributed by atoms with Gasteiger partial charge >= 0.3 is 0 Å². The Balaban J connectivity index is 2.07. The van der Waals surface area contributed by atoms with E-state index < -0.39 is 5.91 Å². The lowest BCUT2D eigenvalue weighted by atomic mass is 10.1. The van der Waals surface area contributed by atoms with Crippen LogP contribution in [0.1, 0.15) is 15.9 Å². The molecule has 98 valence electrons. The number of carbonyl (C=O) groups is 1. The lowest BCUT2D eigenvalue weighted by Crippen LogP contribution is -2.22. The van der Waals surface area contributed by atoms with Crippen LogP contribution in [0.5, 0.6) is 11.5 Å². The van der Waals surface area contributed by atoms with E-state index >= 15 is 0 Å². The first-order chi connectivity index (χ1) is 9.08. The number of aromatic hydroxyl groups is 2. The maximum atomic E-state index is 11.9. The fourth-order valence-electron chi connectivity index (χ4n) is 1.63. The molecular formula is C14H12BrNO3. The van der Waals surface area contributed by atoms with E-state index in [2.05, 4.69) is 21.2 Å². The predicted molar refractivity (Wildman–Crippen MR) is 75.1 cm³/mol. The number of phenols is 2. The number of carbonyl (C=O) groups excluding carboxylic acids is 1. The molecule has 1 amide bonds. The number of rotatable bonds is 3. The van der Waals surface area contributed by atoms with Gasteiger partial charge in [-0.15, -0.1) is 0 Å². The molecular weight excluding hydrogens is 310 g/mol. The van der Waals surface area contributed by atoms with Crippen LogP contribution in [-0.2, 0) is 6.54 Å². The molecule has 0 saturated carbocycles. The minimum absolute atomic E-state index is 0.111. The summed E-state index contributed by atoms with van der Waals surface area (Å²) < 4.78 is 0.959. The maximum absolute atomic E-state index is 11.9. The van der Waals surface area contributed by atoms with Crippen molar-refractivity contribution in [2.75, 3.05) is 0 Å². The highest BCUT2D eigenvalue weighted by Crippen LogP contribution is 2.25. The third kappa shape index (κ3) is 3.26. The number of hydrogen-bond acceptors (Lipinski definition) is 3. The van der Waals surface area contributed by atoms with E-state index in [-0.39, 0.29) is 17.1 Å². The van der Waals surface area contributed by atoms with E-state index in [1.807, 2.05) is 24.3 Å². The minimum atomic E-state index is -0.515. The van der Waals surface area contributed by atoms with Gasteiger partial charge in [-0.25, -0.2) is 0 Å². The van der Waals surface area contributed by atoms with Crippen LogP contribution in [0.25, 0.3) is 0 Å². The summed E-state index contributed by atoms with van der Waals surface area (Å²) in [5.41, 5.74) is 0.811. The van der Waals surface area contributed by atoms with Gasteiger partial charge in [0.1, 0.15) is 17.1 Å². The summed E-state index contributed by atoms with van der Waals surface area (Å²) in [5.74, 6) is -1.000. The second-order valence-electron chi connectivity index (χ2n) is 3.98. The van der Waals surface area contributed by atoms with Gasteiger partial charge in [-0.05, 0) is 29.8 Å². The zero-order valence-corrected chi connectivity index (χ0v) is 11.5. The molecule has 0 atom stereocenters. The standard InChI is InChI=1S/C14H12BrNO3/c15-10-6-4-9(5-7-10)8-16-14(19)13-11(17)2-1-3-12(13)18/h1-7,17-18H,8H2,(H,16,19). The van der Waals surface area contributed by atoms with Crippen molar-refractivity contribution >= 4 is 21.8 Å². The van der Waals surface area contributed by atoms with Gasteiger partial charge in [0, 0.05) is 11.0 Å². The highest BCUT2D eigenvalue weighted by Gasteiger charge is 2.15. The molecule has 0 aliphatic rings. The van der Waals surface area contributed by atoms with Gasteiger partial charge in [0.2, 0.25) is 0 Å². The Kier molecular flexibility index (Phi) is 4.06. The average molecular weight is 322 g/mol. The van der Waals surface area contributed by atoms with Crippen molar-refractivity contribution in [3.05, 3.63) is 58.1 Å². The molecule has 3 N–H and O–H groups in total. The van der Waals surface area contributed by atoms with Gasteiger partial charge in [-0.2, -0.15) is 0 Å². The molecule has 0 radical (unpaired) electrons. The molecule has 0 aliphatic heterocycles. The molecule has 4 nitrogen and oxygen atoms in total. The van der Waals surface area contributed by atoms with E-state index in [0.29, 0.717) is 6.54 Å². The van der Waals surface area contributed by atoms with Crippen molar-refractivity contribution in [1.29, 1.82) is 0 Å². The van der Waals surface area contributed by atoms with Gasteiger partial charge in [0.15, 0.2) is 0 Å². The lowest BCUT2D eigenvalue weighted by molar-refractivity contribution is 0.0945. The number of halogens is 1. The lowest BCUT2D eigenvalue weighted by Gasteiger charge is -2.08. The van der Waals surface area contributed by atoms with Gasteiger partial charge in [-0.3, -0.25) is 4.79 Å². The Hall–Kier alpha value is -2.01. The number of benzene rings is 2. The van der Waals surface area contributed by atoms with Crippen LogP contribution >= 0.6 is 15.9 Å². The summed E-state index contributed by atoms with van der Waals surface area (Å²) in [5, 5.41) is 21.8. The van der Waals surface area contributed by atoms with Gasteiger partial charge in [0.25, 0.3) is 5.91 Å². The van der Waals surface area contributed by atoms with Crippen LogP contribution in [0.15, 0.2) is 46.9 Å². The van der Waals surface area contributed by atoms with Crippen LogP contribution in [-0.4, -0.2) is 16.1 Å². The van der Waals surface area contributed by atoms with Crippen LogP contribution in [0, 0.1) is 0 Å². The summed E-state index contributed by atoms with van der Waals surface area (Å²) in [7, 11) is 0. The molecule has 5 heteroatoms. The highest BCUT2D eigenvalue weighted by atomic mass is 79.9. The number of amides is 1. The number of hydrogen-bond donors (Lipinski definition) is 3. The van der Waals surface area contributed by atoms with Crippen molar-refractivity contribution in [3.8, 4) is 11.5 Å². The fourth-order valence-corrected chi connectivity index (χ4v) is 1.90. The molecule has 19 heavy (non-hydrogen) atoms. The summed E-state index contributed by atoms with van der Waals surface area (Å²) in [6.45, 7) is 0.319. The van der Waals surface area contributed by atoms with E-state index in [1.165, 1.54) is 18.2 Å². The normalized spacial score (nSPS) is 10.2. The quantitative estimate of drug-likeness (QED) is 0.814. The molecule has 0 heterocycles. The smallest absolute Gasteiger partial charge is 0.259 e. The first-order valence-electron chi connectivity index (χ1n) is 5.61. The zero-order chi connectivity index (χ0) is 13.8. The second kappa shape index (κ2) is 5.75. The van der Waals surface area contributed by atoms with Gasteiger partial charge in [-0.1, -0.05) is 34.1 Å². The number of nitrogens with one attached hydrogen (secondary N) is 1. The average Bonchev–Trinajstić information content (AvgIpc) is 2.38. The van der Waals surface area contributed by atoms with Gasteiger partial charge in [0.05, 0.1) is 0 Å². The predicted octanol–water partition coefficient (Wildman–Crippen LogP) is 2.79. The molecule has 0 bridgehead atoms. The summed E-state index contributed by atoms with van der Waals surface area (Å²) in [6.07, 6.45) is 0. The Bertz CT molecular complexity index is 576. The minimum Gasteiger partial charge on any atom is -0.507 e. The molecule has 0 spiro atoms. The first kappa shape index (κ1) is 13.4.